The van der Waals surface area contributed by atoms with Gasteiger partial charge in [-0.05, 0) is 40.8 Å². The number of methoxy groups -OCH3 is 1. The second kappa shape index (κ2) is 13.7. The van der Waals surface area contributed by atoms with E-state index >= 15 is 0 Å². The van der Waals surface area contributed by atoms with Crippen LogP contribution in [-0.4, -0.2) is 77.3 Å². The molecule has 1 fully saturated rings. The number of aliphatic hydroxyl groups excluding tert-OH is 1. The van der Waals surface area contributed by atoms with Crippen LogP contribution in [0.5, 0.6) is 0 Å². The summed E-state index contributed by atoms with van der Waals surface area (Å²) in [5.41, 5.74) is 0. The number of hydrogen-bond acceptors (Lipinski definition) is 8. The minimum absolute atomic E-state index is 0.0449. The number of nitrogens with zero attached hydrogens (tertiary/aromatic N) is 1. The van der Waals surface area contributed by atoms with E-state index in [4.69, 9.17) is 19.3 Å². The van der Waals surface area contributed by atoms with Gasteiger partial charge in [-0.3, -0.25) is 9.59 Å². The topological polar surface area (TPSA) is 123 Å². The molecule has 0 aromatic carbocycles. The van der Waals surface area contributed by atoms with Crippen molar-refractivity contribution in [1.29, 1.82) is 0 Å². The van der Waals surface area contributed by atoms with E-state index in [9.17, 15) is 19.5 Å². The molecule has 9 nitrogen and oxygen atoms in total. The van der Waals surface area contributed by atoms with Gasteiger partial charge in [-0.15, -0.1) is 0 Å². The molecule has 2 N–H and O–H groups in total. The molecule has 0 spiro atoms. The van der Waals surface area contributed by atoms with Crippen LogP contribution in [0, 0.1) is 5.92 Å². The lowest BCUT2D eigenvalue weighted by Crippen LogP contribution is -2.56. The number of rotatable bonds is 14. The summed E-state index contributed by atoms with van der Waals surface area (Å²) in [6, 6.07) is -0.471. The second-order valence-corrected chi connectivity index (χ2v) is 10.1. The molecule has 2 amide bonds. The number of amides is 2. The van der Waals surface area contributed by atoms with E-state index in [1.54, 1.807) is 0 Å². The zero-order valence-electron chi connectivity index (χ0n) is 20.3. The minimum atomic E-state index is -1.76. The van der Waals surface area contributed by atoms with Crippen LogP contribution < -0.4 is 0 Å². The summed E-state index contributed by atoms with van der Waals surface area (Å²) < 4.78 is 16.3. The van der Waals surface area contributed by atoms with Crippen molar-refractivity contribution < 1.29 is 38.8 Å². The van der Waals surface area contributed by atoms with Crippen LogP contribution in [-0.2, 0) is 23.8 Å². The molecule has 2 aliphatic heterocycles. The Labute approximate surface area is 209 Å². The number of aliphatic hydroxyl groups is 2. The lowest BCUT2D eigenvalue weighted by molar-refractivity contribution is -0.227. The zero-order valence-corrected chi connectivity index (χ0v) is 21.9. The average molecular weight is 548 g/mol. The van der Waals surface area contributed by atoms with Gasteiger partial charge in [0.05, 0.1) is 10.5 Å². The van der Waals surface area contributed by atoms with Crippen molar-refractivity contribution in [2.75, 3.05) is 20.3 Å². The first-order valence-corrected chi connectivity index (χ1v) is 12.9. The SMILES string of the molecule is COC(C(=O)N1C(=O)OCC1C(C)C)C1OC(O)(CCCCCCCCCCO)C(Br)=CC1=O. The lowest BCUT2D eigenvalue weighted by Gasteiger charge is -2.38. The molecule has 34 heavy (non-hydrogen) atoms. The predicted molar refractivity (Wildman–Crippen MR) is 128 cm³/mol. The summed E-state index contributed by atoms with van der Waals surface area (Å²) in [5.74, 6) is -3.07. The summed E-state index contributed by atoms with van der Waals surface area (Å²) >= 11 is 3.24. The fourth-order valence-corrected chi connectivity index (χ4v) is 4.76. The average Bonchev–Trinajstić information content (AvgIpc) is 3.18. The number of unbranched alkanes of at least 4 members (excludes halogenated alkanes) is 7. The Morgan fingerprint density at radius 3 is 2.32 bits per heavy atom. The highest BCUT2D eigenvalue weighted by Gasteiger charge is 2.50. The van der Waals surface area contributed by atoms with Crippen molar-refractivity contribution in [3.8, 4) is 0 Å². The van der Waals surface area contributed by atoms with Crippen molar-refractivity contribution in [2.45, 2.75) is 95.7 Å². The first kappa shape index (κ1) is 28.9. The highest BCUT2D eigenvalue weighted by Crippen LogP contribution is 2.36. The van der Waals surface area contributed by atoms with Gasteiger partial charge in [0, 0.05) is 20.1 Å². The van der Waals surface area contributed by atoms with Crippen LogP contribution in [0.15, 0.2) is 10.6 Å². The van der Waals surface area contributed by atoms with E-state index in [1.165, 1.54) is 13.2 Å². The normalized spacial score (nSPS) is 26.1. The van der Waals surface area contributed by atoms with E-state index < -0.39 is 41.8 Å². The maximum Gasteiger partial charge on any atom is 0.417 e. The van der Waals surface area contributed by atoms with Crippen LogP contribution in [0.4, 0.5) is 4.79 Å². The molecular formula is C24H38BrNO8. The quantitative estimate of drug-likeness (QED) is 0.317. The van der Waals surface area contributed by atoms with Crippen LogP contribution in [0.1, 0.15) is 71.6 Å². The molecule has 194 valence electrons. The van der Waals surface area contributed by atoms with E-state index in [-0.39, 0.29) is 30.0 Å². The molecule has 0 aromatic rings. The van der Waals surface area contributed by atoms with Gasteiger partial charge in [-0.25, -0.2) is 9.69 Å². The molecule has 4 unspecified atom stereocenters. The Morgan fingerprint density at radius 1 is 1.18 bits per heavy atom. The van der Waals surface area contributed by atoms with Gasteiger partial charge >= 0.3 is 6.09 Å². The van der Waals surface area contributed by atoms with E-state index in [0.717, 1.165) is 49.8 Å². The number of ketones is 1. The summed E-state index contributed by atoms with van der Waals surface area (Å²) in [6.07, 6.45) is 5.59. The maximum absolute atomic E-state index is 13.2. The molecule has 0 aromatic heterocycles. The molecular weight excluding hydrogens is 510 g/mol. The molecule has 0 bridgehead atoms. The number of hydrogen-bond donors (Lipinski definition) is 2. The van der Waals surface area contributed by atoms with Gasteiger partial charge in [-0.1, -0.05) is 52.4 Å². The van der Waals surface area contributed by atoms with Gasteiger partial charge in [0.15, 0.2) is 23.8 Å². The Hall–Kier alpha value is -1.33. The molecule has 0 saturated carbocycles. The third-order valence-corrected chi connectivity index (χ3v) is 7.20. The molecule has 2 aliphatic rings. The maximum atomic E-state index is 13.2. The third kappa shape index (κ3) is 7.34. The summed E-state index contributed by atoms with van der Waals surface area (Å²) in [5, 5.41) is 19.9. The zero-order chi connectivity index (χ0) is 25.3. The Bertz CT molecular complexity index is 742. The van der Waals surface area contributed by atoms with Crippen LogP contribution in [0.25, 0.3) is 0 Å². The first-order chi connectivity index (χ1) is 16.2. The Morgan fingerprint density at radius 2 is 1.76 bits per heavy atom. The number of carbonyl (C=O) groups excluding carboxylic acids is 3. The smallest absolute Gasteiger partial charge is 0.417 e. The second-order valence-electron chi connectivity index (χ2n) is 9.27. The van der Waals surface area contributed by atoms with Gasteiger partial charge < -0.3 is 24.4 Å². The van der Waals surface area contributed by atoms with Gasteiger partial charge in [0.25, 0.3) is 5.91 Å². The molecule has 10 heteroatoms. The monoisotopic (exact) mass is 547 g/mol. The lowest BCUT2D eigenvalue weighted by atomic mass is 9.97. The van der Waals surface area contributed by atoms with E-state index in [2.05, 4.69) is 15.9 Å². The van der Waals surface area contributed by atoms with Crippen molar-refractivity contribution in [3.63, 3.8) is 0 Å². The summed E-state index contributed by atoms with van der Waals surface area (Å²) in [7, 11) is 1.26. The summed E-state index contributed by atoms with van der Waals surface area (Å²) in [6.45, 7) is 4.05. The van der Waals surface area contributed by atoms with Crippen LogP contribution >= 0.6 is 15.9 Å². The van der Waals surface area contributed by atoms with E-state index in [0.29, 0.717) is 6.42 Å². The van der Waals surface area contributed by atoms with Crippen molar-refractivity contribution in [2.24, 2.45) is 5.92 Å². The van der Waals surface area contributed by atoms with Gasteiger partial charge in [0.2, 0.25) is 0 Å². The minimum Gasteiger partial charge on any atom is -0.447 e. The number of ether oxygens (including phenoxy) is 3. The number of cyclic esters (lactones) is 1. The van der Waals surface area contributed by atoms with Crippen LogP contribution in [0.3, 0.4) is 0 Å². The fraction of sp³-hybridized carbons (Fsp3) is 0.792. The molecule has 0 aliphatic carbocycles. The molecule has 2 heterocycles. The highest BCUT2D eigenvalue weighted by atomic mass is 79.9. The van der Waals surface area contributed by atoms with Gasteiger partial charge in [-0.2, -0.15) is 0 Å². The van der Waals surface area contributed by atoms with E-state index in [1.807, 2.05) is 13.8 Å². The Balaban J connectivity index is 1.98. The largest absolute Gasteiger partial charge is 0.447 e. The van der Waals surface area contributed by atoms with Crippen molar-refractivity contribution in [3.05, 3.63) is 10.6 Å². The van der Waals surface area contributed by atoms with Crippen LogP contribution in [0.2, 0.25) is 0 Å². The molecule has 4 atom stereocenters. The highest BCUT2D eigenvalue weighted by molar-refractivity contribution is 9.11. The molecule has 1 saturated heterocycles. The number of halogens is 1. The number of carbonyl (C=O) groups is 3. The van der Waals surface area contributed by atoms with Crippen molar-refractivity contribution >= 4 is 33.7 Å². The first-order valence-electron chi connectivity index (χ1n) is 12.1. The predicted octanol–water partition coefficient (Wildman–Crippen LogP) is 3.44. The fourth-order valence-electron chi connectivity index (χ4n) is 4.24. The third-order valence-electron chi connectivity index (χ3n) is 6.35. The summed E-state index contributed by atoms with van der Waals surface area (Å²) in [4.78, 5) is 39.1. The molecule has 2 rings (SSSR count). The Kier molecular flexibility index (Phi) is 11.6. The standard InChI is InChI=1S/C24H38BrNO8/c1-16(2)17-15-33-23(30)26(17)22(29)21(32-3)20-18(28)14-19(25)24(31,34-20)12-10-8-6-4-5-7-9-11-13-27/h14,16-17,20-21,27,31H,4-13,15H2,1-3H3. The van der Waals surface area contributed by atoms with Gasteiger partial charge in [0.1, 0.15) is 6.61 Å². The molecule has 0 radical (unpaired) electrons. The van der Waals surface area contributed by atoms with Crippen molar-refractivity contribution in [1.82, 2.24) is 4.90 Å². The number of imide groups is 1.